The summed E-state index contributed by atoms with van der Waals surface area (Å²) in [6.07, 6.45) is 3.53. The maximum atomic E-state index is 5.47. The summed E-state index contributed by atoms with van der Waals surface area (Å²) in [5.41, 5.74) is 1.04. The van der Waals surface area contributed by atoms with Gasteiger partial charge in [0, 0.05) is 24.0 Å². The molecule has 19 heavy (non-hydrogen) atoms. The van der Waals surface area contributed by atoms with Gasteiger partial charge in [-0.3, -0.25) is 4.98 Å². The lowest BCUT2D eigenvalue weighted by Crippen LogP contribution is -2.11. The molecule has 0 saturated heterocycles. The zero-order valence-corrected chi connectivity index (χ0v) is 12.7. The van der Waals surface area contributed by atoms with Crippen LogP contribution in [0.5, 0.6) is 0 Å². The second-order valence-electron chi connectivity index (χ2n) is 3.78. The van der Waals surface area contributed by atoms with Crippen molar-refractivity contribution in [3.63, 3.8) is 0 Å². The predicted molar refractivity (Wildman–Crippen MR) is 75.1 cm³/mol. The Labute approximate surface area is 122 Å². The molecule has 0 unspecified atom stereocenters. The molecule has 0 spiro atoms. The second kappa shape index (κ2) is 11.3. The van der Waals surface area contributed by atoms with E-state index in [0.717, 1.165) is 10.0 Å². The number of nitrogens with zero attached hydrogens (tertiary/aromatic N) is 1. The molecule has 1 rings (SSSR count). The SMILES string of the molecule is COCCOCCOCCOCc1cncc(Br)c1. The largest absolute Gasteiger partial charge is 0.382 e. The maximum absolute atomic E-state index is 5.47. The van der Waals surface area contributed by atoms with Crippen LogP contribution in [0.3, 0.4) is 0 Å². The van der Waals surface area contributed by atoms with Crippen LogP contribution in [0, 0.1) is 0 Å². The molecule has 0 fully saturated rings. The highest BCUT2D eigenvalue weighted by atomic mass is 79.9. The number of pyridine rings is 1. The monoisotopic (exact) mass is 333 g/mol. The van der Waals surface area contributed by atoms with Crippen molar-refractivity contribution in [2.45, 2.75) is 6.61 Å². The van der Waals surface area contributed by atoms with Crippen LogP contribution in [0.1, 0.15) is 5.56 Å². The first kappa shape index (κ1) is 16.5. The zero-order chi connectivity index (χ0) is 13.8. The van der Waals surface area contributed by atoms with Gasteiger partial charge in [-0.2, -0.15) is 0 Å². The van der Waals surface area contributed by atoms with Gasteiger partial charge < -0.3 is 18.9 Å². The van der Waals surface area contributed by atoms with Gasteiger partial charge in [0.2, 0.25) is 0 Å². The fourth-order valence-corrected chi connectivity index (χ4v) is 1.72. The fourth-order valence-electron chi connectivity index (χ4n) is 1.31. The molecule has 108 valence electrons. The molecule has 1 heterocycles. The minimum Gasteiger partial charge on any atom is -0.382 e. The maximum Gasteiger partial charge on any atom is 0.0733 e. The van der Waals surface area contributed by atoms with Crippen LogP contribution in [-0.2, 0) is 25.6 Å². The molecule has 0 aliphatic rings. The van der Waals surface area contributed by atoms with Crippen molar-refractivity contribution < 1.29 is 18.9 Å². The molecule has 1 aromatic heterocycles. The second-order valence-corrected chi connectivity index (χ2v) is 4.70. The van der Waals surface area contributed by atoms with E-state index in [0.29, 0.717) is 46.2 Å². The quantitative estimate of drug-likeness (QED) is 0.580. The van der Waals surface area contributed by atoms with Crippen molar-refractivity contribution in [1.29, 1.82) is 0 Å². The standard InChI is InChI=1S/C13H20BrNO4/c1-16-2-3-17-4-5-18-6-7-19-11-12-8-13(14)10-15-9-12/h8-10H,2-7,11H2,1H3. The topological polar surface area (TPSA) is 49.8 Å². The smallest absolute Gasteiger partial charge is 0.0733 e. The highest BCUT2D eigenvalue weighted by Crippen LogP contribution is 2.10. The highest BCUT2D eigenvalue weighted by molar-refractivity contribution is 9.10. The van der Waals surface area contributed by atoms with Crippen LogP contribution in [0.2, 0.25) is 0 Å². The summed E-state index contributed by atoms with van der Waals surface area (Å²) in [5, 5.41) is 0. The Bertz CT molecular complexity index is 338. The minimum absolute atomic E-state index is 0.542. The molecule has 0 atom stereocenters. The molecule has 0 N–H and O–H groups in total. The van der Waals surface area contributed by atoms with E-state index < -0.39 is 0 Å². The van der Waals surface area contributed by atoms with Gasteiger partial charge in [0.1, 0.15) is 0 Å². The molecule has 0 amide bonds. The van der Waals surface area contributed by atoms with E-state index in [1.807, 2.05) is 6.07 Å². The van der Waals surface area contributed by atoms with Crippen LogP contribution in [0.4, 0.5) is 0 Å². The van der Waals surface area contributed by atoms with E-state index in [-0.39, 0.29) is 0 Å². The Hall–Kier alpha value is -0.530. The highest BCUT2D eigenvalue weighted by Gasteiger charge is 1.96. The number of rotatable bonds is 11. The summed E-state index contributed by atoms with van der Waals surface area (Å²) in [4.78, 5) is 4.06. The Morgan fingerprint density at radius 1 is 0.947 bits per heavy atom. The fraction of sp³-hybridized carbons (Fsp3) is 0.615. The van der Waals surface area contributed by atoms with Crippen molar-refractivity contribution in [2.24, 2.45) is 0 Å². The molecule has 0 aliphatic carbocycles. The van der Waals surface area contributed by atoms with E-state index in [4.69, 9.17) is 18.9 Å². The summed E-state index contributed by atoms with van der Waals surface area (Å²) in [6, 6.07) is 1.98. The summed E-state index contributed by atoms with van der Waals surface area (Å²) < 4.78 is 21.9. The molecule has 0 saturated carbocycles. The normalized spacial score (nSPS) is 10.8. The number of aromatic nitrogens is 1. The lowest BCUT2D eigenvalue weighted by atomic mass is 10.3. The van der Waals surface area contributed by atoms with Gasteiger partial charge >= 0.3 is 0 Å². The van der Waals surface area contributed by atoms with Gasteiger partial charge in [-0.25, -0.2) is 0 Å². The average Bonchev–Trinajstić information content (AvgIpc) is 2.41. The molecule has 0 aromatic carbocycles. The summed E-state index contributed by atoms with van der Waals surface area (Å²) in [7, 11) is 1.65. The van der Waals surface area contributed by atoms with Crippen molar-refractivity contribution >= 4 is 15.9 Å². The van der Waals surface area contributed by atoms with Gasteiger partial charge in [0.05, 0.1) is 46.2 Å². The first-order valence-electron chi connectivity index (χ1n) is 6.14. The van der Waals surface area contributed by atoms with E-state index in [1.54, 1.807) is 19.5 Å². The molecule has 5 nitrogen and oxygen atoms in total. The molecule has 0 radical (unpaired) electrons. The van der Waals surface area contributed by atoms with E-state index in [9.17, 15) is 0 Å². The number of ether oxygens (including phenoxy) is 4. The molecule has 6 heteroatoms. The van der Waals surface area contributed by atoms with Gasteiger partial charge in [0.15, 0.2) is 0 Å². The molecular formula is C13H20BrNO4. The summed E-state index contributed by atoms with van der Waals surface area (Å²) in [5.74, 6) is 0. The van der Waals surface area contributed by atoms with Crippen LogP contribution in [0.25, 0.3) is 0 Å². The molecule has 1 aromatic rings. The number of hydrogen-bond acceptors (Lipinski definition) is 5. The third kappa shape index (κ3) is 9.07. The van der Waals surface area contributed by atoms with Crippen molar-refractivity contribution in [3.05, 3.63) is 28.5 Å². The Balaban J connectivity index is 1.89. The Morgan fingerprint density at radius 2 is 1.58 bits per heavy atom. The van der Waals surface area contributed by atoms with Gasteiger partial charge in [-0.1, -0.05) is 0 Å². The Morgan fingerprint density at radius 3 is 2.21 bits per heavy atom. The van der Waals surface area contributed by atoms with Crippen molar-refractivity contribution in [1.82, 2.24) is 4.98 Å². The number of hydrogen-bond donors (Lipinski definition) is 0. The third-order valence-corrected chi connectivity index (χ3v) is 2.64. The molecule has 0 bridgehead atoms. The predicted octanol–water partition coefficient (Wildman–Crippen LogP) is 2.04. The van der Waals surface area contributed by atoms with Crippen LogP contribution in [-0.4, -0.2) is 51.7 Å². The first-order chi connectivity index (χ1) is 9.33. The zero-order valence-electron chi connectivity index (χ0n) is 11.1. The van der Waals surface area contributed by atoms with E-state index in [1.165, 1.54) is 0 Å². The van der Waals surface area contributed by atoms with Crippen LogP contribution >= 0.6 is 15.9 Å². The van der Waals surface area contributed by atoms with Gasteiger partial charge in [-0.15, -0.1) is 0 Å². The minimum atomic E-state index is 0.542. The summed E-state index contributed by atoms with van der Waals surface area (Å²) in [6.45, 7) is 4.04. The van der Waals surface area contributed by atoms with Gasteiger partial charge in [0.25, 0.3) is 0 Å². The Kier molecular flexibility index (Phi) is 9.84. The average molecular weight is 334 g/mol. The first-order valence-corrected chi connectivity index (χ1v) is 6.94. The van der Waals surface area contributed by atoms with E-state index in [2.05, 4.69) is 20.9 Å². The third-order valence-electron chi connectivity index (χ3n) is 2.21. The molecule has 0 aliphatic heterocycles. The number of methoxy groups -OCH3 is 1. The summed E-state index contributed by atoms with van der Waals surface area (Å²) >= 11 is 3.37. The van der Waals surface area contributed by atoms with Crippen molar-refractivity contribution in [3.8, 4) is 0 Å². The van der Waals surface area contributed by atoms with Crippen LogP contribution in [0.15, 0.2) is 22.9 Å². The number of halogens is 1. The van der Waals surface area contributed by atoms with E-state index >= 15 is 0 Å². The van der Waals surface area contributed by atoms with Crippen molar-refractivity contribution in [2.75, 3.05) is 46.8 Å². The lowest BCUT2D eigenvalue weighted by Gasteiger charge is -2.06. The van der Waals surface area contributed by atoms with Gasteiger partial charge in [-0.05, 0) is 27.6 Å². The van der Waals surface area contributed by atoms with Crippen LogP contribution < -0.4 is 0 Å². The lowest BCUT2D eigenvalue weighted by molar-refractivity contribution is 0.000833. The molecular weight excluding hydrogens is 314 g/mol.